The average Bonchev–Trinajstić information content (AvgIpc) is 2.36. The third-order valence-corrected chi connectivity index (χ3v) is 4.18. The molecule has 104 valence electrons. The van der Waals surface area contributed by atoms with E-state index in [0.29, 0.717) is 16.9 Å². The Kier molecular flexibility index (Phi) is 4.50. The number of amides is 1. The van der Waals surface area contributed by atoms with Crippen molar-refractivity contribution in [3.05, 3.63) is 56.0 Å². The van der Waals surface area contributed by atoms with Gasteiger partial charge < -0.3 is 11.1 Å². The van der Waals surface area contributed by atoms with Gasteiger partial charge in [0.15, 0.2) is 0 Å². The minimum atomic E-state index is -0.181. The van der Waals surface area contributed by atoms with Gasteiger partial charge in [0.25, 0.3) is 5.91 Å². The molecule has 0 aromatic heterocycles. The molecular weight excluding hydrogens is 384 g/mol. The number of aryl methyl sites for hydroxylation is 2. The highest BCUT2D eigenvalue weighted by Crippen LogP contribution is 2.32. The van der Waals surface area contributed by atoms with Crippen LogP contribution in [0.15, 0.2) is 39.3 Å². The lowest BCUT2D eigenvalue weighted by atomic mass is 10.1. The van der Waals surface area contributed by atoms with E-state index in [1.54, 1.807) is 12.1 Å². The van der Waals surface area contributed by atoms with Crippen LogP contribution >= 0.6 is 31.9 Å². The largest absolute Gasteiger partial charge is 0.399 e. The SMILES string of the molecule is Cc1cc(Br)c(NC(=O)c2cc(N)ccc2C)c(Br)c1. The number of rotatable bonds is 2. The third-order valence-electron chi connectivity index (χ3n) is 2.93. The summed E-state index contributed by atoms with van der Waals surface area (Å²) in [6.45, 7) is 3.87. The number of carbonyl (C=O) groups is 1. The summed E-state index contributed by atoms with van der Waals surface area (Å²) in [6.07, 6.45) is 0. The maximum atomic E-state index is 12.4. The minimum Gasteiger partial charge on any atom is -0.399 e. The molecule has 0 heterocycles. The predicted octanol–water partition coefficient (Wildman–Crippen LogP) is 4.66. The molecule has 20 heavy (non-hydrogen) atoms. The van der Waals surface area contributed by atoms with Gasteiger partial charge in [0.05, 0.1) is 5.69 Å². The van der Waals surface area contributed by atoms with Crippen LogP contribution in [-0.4, -0.2) is 5.91 Å². The van der Waals surface area contributed by atoms with Crippen molar-refractivity contribution in [3.63, 3.8) is 0 Å². The lowest BCUT2D eigenvalue weighted by Crippen LogP contribution is -2.14. The first-order valence-electron chi connectivity index (χ1n) is 6.01. The van der Waals surface area contributed by atoms with E-state index in [2.05, 4.69) is 37.2 Å². The lowest BCUT2D eigenvalue weighted by molar-refractivity contribution is 0.102. The Balaban J connectivity index is 2.35. The van der Waals surface area contributed by atoms with E-state index in [4.69, 9.17) is 5.73 Å². The Bertz CT molecular complexity index is 661. The van der Waals surface area contributed by atoms with Gasteiger partial charge >= 0.3 is 0 Å². The van der Waals surface area contributed by atoms with Crippen LogP contribution in [0, 0.1) is 13.8 Å². The first-order valence-corrected chi connectivity index (χ1v) is 7.60. The molecule has 0 aliphatic carbocycles. The second kappa shape index (κ2) is 5.97. The van der Waals surface area contributed by atoms with Crippen LogP contribution in [0.3, 0.4) is 0 Å². The van der Waals surface area contributed by atoms with Gasteiger partial charge in [-0.3, -0.25) is 4.79 Å². The van der Waals surface area contributed by atoms with Crippen molar-refractivity contribution < 1.29 is 4.79 Å². The van der Waals surface area contributed by atoms with Gasteiger partial charge in [-0.25, -0.2) is 0 Å². The highest BCUT2D eigenvalue weighted by atomic mass is 79.9. The van der Waals surface area contributed by atoms with Crippen LogP contribution in [0.25, 0.3) is 0 Å². The Labute approximate surface area is 134 Å². The number of benzene rings is 2. The molecule has 2 rings (SSSR count). The van der Waals surface area contributed by atoms with Crippen molar-refractivity contribution >= 4 is 49.1 Å². The molecule has 2 aromatic carbocycles. The lowest BCUT2D eigenvalue weighted by Gasteiger charge is -2.12. The van der Waals surface area contributed by atoms with Gasteiger partial charge in [-0.2, -0.15) is 0 Å². The molecule has 0 aliphatic rings. The van der Waals surface area contributed by atoms with Crippen molar-refractivity contribution in [3.8, 4) is 0 Å². The van der Waals surface area contributed by atoms with Gasteiger partial charge in [0.2, 0.25) is 0 Å². The van der Waals surface area contributed by atoms with Crippen molar-refractivity contribution in [1.82, 2.24) is 0 Å². The highest BCUT2D eigenvalue weighted by molar-refractivity contribution is 9.11. The predicted molar refractivity (Wildman–Crippen MR) is 90.1 cm³/mol. The van der Waals surface area contributed by atoms with Gasteiger partial charge in [0.1, 0.15) is 0 Å². The molecule has 5 heteroatoms. The molecule has 1 amide bonds. The fourth-order valence-electron chi connectivity index (χ4n) is 1.88. The number of nitrogens with two attached hydrogens (primary N) is 1. The second-order valence-corrected chi connectivity index (χ2v) is 6.34. The Morgan fingerprint density at radius 3 is 2.30 bits per heavy atom. The van der Waals surface area contributed by atoms with E-state index in [9.17, 15) is 4.79 Å². The molecule has 0 bridgehead atoms. The van der Waals surface area contributed by atoms with Crippen LogP contribution < -0.4 is 11.1 Å². The van der Waals surface area contributed by atoms with Crippen molar-refractivity contribution in [1.29, 1.82) is 0 Å². The van der Waals surface area contributed by atoms with Gasteiger partial charge in [-0.1, -0.05) is 6.07 Å². The molecule has 0 atom stereocenters. The van der Waals surface area contributed by atoms with Gasteiger partial charge in [0, 0.05) is 20.2 Å². The Morgan fingerprint density at radius 2 is 1.70 bits per heavy atom. The second-order valence-electron chi connectivity index (χ2n) is 4.63. The van der Waals surface area contributed by atoms with Crippen LogP contribution in [0.1, 0.15) is 21.5 Å². The number of nitrogen functional groups attached to an aromatic ring is 1. The van der Waals surface area contributed by atoms with Crippen molar-refractivity contribution in [2.24, 2.45) is 0 Å². The summed E-state index contributed by atoms with van der Waals surface area (Å²) in [6, 6.07) is 9.20. The molecule has 0 unspecified atom stereocenters. The number of hydrogen-bond donors (Lipinski definition) is 2. The van der Waals surface area contributed by atoms with E-state index in [0.717, 1.165) is 20.1 Å². The van der Waals surface area contributed by atoms with Crippen LogP contribution in [0.2, 0.25) is 0 Å². The smallest absolute Gasteiger partial charge is 0.256 e. The topological polar surface area (TPSA) is 55.1 Å². The summed E-state index contributed by atoms with van der Waals surface area (Å²) in [4.78, 5) is 12.4. The zero-order valence-corrected chi connectivity index (χ0v) is 14.3. The molecule has 0 spiro atoms. The van der Waals surface area contributed by atoms with Crippen molar-refractivity contribution in [2.75, 3.05) is 11.1 Å². The maximum absolute atomic E-state index is 12.4. The Morgan fingerprint density at radius 1 is 1.10 bits per heavy atom. The van der Waals surface area contributed by atoms with Crippen LogP contribution in [0.5, 0.6) is 0 Å². The summed E-state index contributed by atoms with van der Waals surface area (Å²) in [7, 11) is 0. The first-order chi connectivity index (χ1) is 9.38. The molecule has 0 aliphatic heterocycles. The van der Waals surface area contributed by atoms with E-state index < -0.39 is 0 Å². The zero-order valence-electron chi connectivity index (χ0n) is 11.1. The summed E-state index contributed by atoms with van der Waals surface area (Å²) in [5.74, 6) is -0.181. The minimum absolute atomic E-state index is 0.181. The first kappa shape index (κ1) is 15.1. The third kappa shape index (κ3) is 3.22. The standard InChI is InChI=1S/C15H14Br2N2O/c1-8-5-12(16)14(13(17)6-8)19-15(20)11-7-10(18)4-3-9(11)2/h3-7H,18H2,1-2H3,(H,19,20). The summed E-state index contributed by atoms with van der Waals surface area (Å²) >= 11 is 6.93. The molecule has 0 saturated heterocycles. The fourth-order valence-corrected chi connectivity index (χ4v) is 3.50. The summed E-state index contributed by atoms with van der Waals surface area (Å²) < 4.78 is 1.67. The highest BCUT2D eigenvalue weighted by Gasteiger charge is 2.13. The van der Waals surface area contributed by atoms with Crippen molar-refractivity contribution in [2.45, 2.75) is 13.8 Å². The normalized spacial score (nSPS) is 10.4. The number of halogens is 2. The van der Waals surface area contributed by atoms with Gasteiger partial charge in [-0.15, -0.1) is 0 Å². The molecule has 2 aromatic rings. The maximum Gasteiger partial charge on any atom is 0.256 e. The number of nitrogens with one attached hydrogen (secondary N) is 1. The average molecular weight is 398 g/mol. The molecule has 0 saturated carbocycles. The van der Waals surface area contributed by atoms with Crippen LogP contribution in [0.4, 0.5) is 11.4 Å². The molecule has 3 N–H and O–H groups in total. The fraction of sp³-hybridized carbons (Fsp3) is 0.133. The molecule has 0 radical (unpaired) electrons. The summed E-state index contributed by atoms with van der Waals surface area (Å²) in [5, 5.41) is 2.90. The quantitative estimate of drug-likeness (QED) is 0.723. The van der Waals surface area contributed by atoms with E-state index >= 15 is 0 Å². The molecular formula is C15H14Br2N2O. The number of hydrogen-bond acceptors (Lipinski definition) is 2. The Hall–Kier alpha value is -1.33. The van der Waals surface area contributed by atoms with E-state index in [-0.39, 0.29) is 5.91 Å². The number of anilines is 2. The monoisotopic (exact) mass is 396 g/mol. The molecule has 0 fully saturated rings. The number of carbonyl (C=O) groups excluding carboxylic acids is 1. The van der Waals surface area contributed by atoms with E-state index in [1.807, 2.05) is 32.0 Å². The van der Waals surface area contributed by atoms with Crippen LogP contribution in [-0.2, 0) is 0 Å². The van der Waals surface area contributed by atoms with E-state index in [1.165, 1.54) is 0 Å². The van der Waals surface area contributed by atoms with Gasteiger partial charge in [-0.05, 0) is 81.1 Å². The summed E-state index contributed by atoms with van der Waals surface area (Å²) in [5.41, 5.74) is 9.58. The molecule has 3 nitrogen and oxygen atoms in total. The zero-order chi connectivity index (χ0) is 14.9.